The third-order valence-corrected chi connectivity index (χ3v) is 6.36. The number of ketones is 1. The summed E-state index contributed by atoms with van der Waals surface area (Å²) in [4.78, 5) is 13.1. The summed E-state index contributed by atoms with van der Waals surface area (Å²) in [7, 11) is 0. The lowest BCUT2D eigenvalue weighted by Crippen LogP contribution is -2.15. The molecule has 1 aromatic heterocycles. The maximum atomic E-state index is 12.2. The van der Waals surface area contributed by atoms with Gasteiger partial charge in [0.15, 0.2) is 5.78 Å². The number of rotatable bonds is 2. The highest BCUT2D eigenvalue weighted by molar-refractivity contribution is 9.13. The molecule has 0 radical (unpaired) electrons. The maximum absolute atomic E-state index is 12.2. The fourth-order valence-corrected chi connectivity index (χ4v) is 4.22. The summed E-state index contributed by atoms with van der Waals surface area (Å²) in [5.41, 5.74) is 0. The second-order valence-electron chi connectivity index (χ2n) is 4.11. The Hall–Kier alpha value is 0.330. The van der Waals surface area contributed by atoms with Crippen molar-refractivity contribution >= 4 is 49.0 Å². The molecule has 4 heteroatoms. The van der Waals surface area contributed by atoms with E-state index in [2.05, 4.69) is 38.8 Å². The summed E-state index contributed by atoms with van der Waals surface area (Å²) in [6.07, 6.45) is 3.46. The summed E-state index contributed by atoms with van der Waals surface area (Å²) < 4.78 is 2.00. The molecule has 1 fully saturated rings. The first-order valence-corrected chi connectivity index (χ1v) is 7.49. The molecule has 2 unspecified atom stereocenters. The molecule has 0 spiro atoms. The van der Waals surface area contributed by atoms with Crippen LogP contribution in [0.15, 0.2) is 14.3 Å². The lowest BCUT2D eigenvalue weighted by atomic mass is 9.93. The van der Waals surface area contributed by atoms with Crippen LogP contribution in [0.4, 0.5) is 0 Å². The molecule has 0 bridgehead atoms. The van der Waals surface area contributed by atoms with Crippen LogP contribution < -0.4 is 0 Å². The molecule has 1 aromatic rings. The SMILES string of the molecule is CC1CCCC1C(=O)c1cc(Br)c(Br)s1. The minimum absolute atomic E-state index is 0.252. The molecule has 2 rings (SSSR count). The van der Waals surface area contributed by atoms with Gasteiger partial charge in [-0.2, -0.15) is 0 Å². The molecule has 1 aliphatic carbocycles. The zero-order chi connectivity index (χ0) is 11.0. The van der Waals surface area contributed by atoms with Gasteiger partial charge in [-0.05, 0) is 56.7 Å². The Morgan fingerprint density at radius 3 is 2.67 bits per heavy atom. The van der Waals surface area contributed by atoms with Gasteiger partial charge in [0, 0.05) is 10.4 Å². The first-order valence-electron chi connectivity index (χ1n) is 5.08. The molecule has 15 heavy (non-hydrogen) atoms. The van der Waals surface area contributed by atoms with Crippen LogP contribution in [0.25, 0.3) is 0 Å². The van der Waals surface area contributed by atoms with Crippen LogP contribution in [0, 0.1) is 11.8 Å². The van der Waals surface area contributed by atoms with Crippen molar-refractivity contribution in [3.05, 3.63) is 19.2 Å². The number of carbonyl (C=O) groups excluding carboxylic acids is 1. The highest BCUT2D eigenvalue weighted by Gasteiger charge is 2.31. The molecule has 1 nitrogen and oxygen atoms in total. The van der Waals surface area contributed by atoms with Gasteiger partial charge in [0.2, 0.25) is 0 Å². The Morgan fingerprint density at radius 2 is 2.20 bits per heavy atom. The number of hydrogen-bond acceptors (Lipinski definition) is 2. The van der Waals surface area contributed by atoms with Gasteiger partial charge >= 0.3 is 0 Å². The molecule has 2 atom stereocenters. The normalized spacial score (nSPS) is 25.8. The Kier molecular flexibility index (Phi) is 3.68. The van der Waals surface area contributed by atoms with E-state index in [1.54, 1.807) is 0 Å². The van der Waals surface area contributed by atoms with Crippen LogP contribution in [0.2, 0.25) is 0 Å². The van der Waals surface area contributed by atoms with E-state index >= 15 is 0 Å². The number of carbonyl (C=O) groups is 1. The average molecular weight is 352 g/mol. The maximum Gasteiger partial charge on any atom is 0.176 e. The first-order chi connectivity index (χ1) is 7.09. The van der Waals surface area contributed by atoms with Crippen molar-refractivity contribution in [2.24, 2.45) is 11.8 Å². The average Bonchev–Trinajstić information content (AvgIpc) is 2.74. The second-order valence-corrected chi connectivity index (χ2v) is 7.34. The third-order valence-electron chi connectivity index (χ3n) is 3.09. The van der Waals surface area contributed by atoms with Crippen molar-refractivity contribution in [3.8, 4) is 0 Å². The van der Waals surface area contributed by atoms with Crippen LogP contribution in [-0.4, -0.2) is 5.78 Å². The van der Waals surface area contributed by atoms with Gasteiger partial charge in [0.1, 0.15) is 0 Å². The predicted molar refractivity (Wildman–Crippen MR) is 70.6 cm³/mol. The molecule has 82 valence electrons. The summed E-state index contributed by atoms with van der Waals surface area (Å²) in [6.45, 7) is 2.19. The zero-order valence-electron chi connectivity index (χ0n) is 8.43. The quantitative estimate of drug-likeness (QED) is 0.693. The van der Waals surface area contributed by atoms with Gasteiger partial charge in [0.05, 0.1) is 8.66 Å². The summed E-state index contributed by atoms with van der Waals surface area (Å²) in [5.74, 6) is 1.14. The molecule has 0 amide bonds. The van der Waals surface area contributed by atoms with Gasteiger partial charge in [-0.25, -0.2) is 0 Å². The second kappa shape index (κ2) is 4.68. The van der Waals surface area contributed by atoms with Gasteiger partial charge in [-0.1, -0.05) is 13.3 Å². The van der Waals surface area contributed by atoms with Crippen LogP contribution >= 0.6 is 43.2 Å². The third kappa shape index (κ3) is 2.37. The zero-order valence-corrected chi connectivity index (χ0v) is 12.4. The molecule has 0 aliphatic heterocycles. The van der Waals surface area contributed by atoms with Crippen LogP contribution in [0.5, 0.6) is 0 Å². The molecule has 1 heterocycles. The molecular formula is C11H12Br2OS. The van der Waals surface area contributed by atoms with E-state index in [4.69, 9.17) is 0 Å². The van der Waals surface area contributed by atoms with E-state index in [0.717, 1.165) is 19.6 Å². The smallest absolute Gasteiger partial charge is 0.176 e. The molecule has 1 aliphatic rings. The van der Waals surface area contributed by atoms with E-state index in [-0.39, 0.29) is 5.92 Å². The highest BCUT2D eigenvalue weighted by atomic mass is 79.9. The fourth-order valence-electron chi connectivity index (χ4n) is 2.19. The lowest BCUT2D eigenvalue weighted by molar-refractivity contribution is 0.0901. The summed E-state index contributed by atoms with van der Waals surface area (Å²) in [5, 5.41) is 0. The van der Waals surface area contributed by atoms with Gasteiger partial charge in [-0.15, -0.1) is 11.3 Å². The standard InChI is InChI=1S/C11H12Br2OS/c1-6-3-2-4-7(6)10(14)9-5-8(12)11(13)15-9/h5-7H,2-4H2,1H3. The fraction of sp³-hybridized carbons (Fsp3) is 0.545. The van der Waals surface area contributed by atoms with Gasteiger partial charge < -0.3 is 0 Å². The number of Topliss-reactive ketones (excluding diaryl/α,β-unsaturated/α-hetero) is 1. The first kappa shape index (κ1) is 11.8. The minimum atomic E-state index is 0.252. The topological polar surface area (TPSA) is 17.1 Å². The Bertz CT molecular complexity index is 366. The largest absolute Gasteiger partial charge is 0.293 e. The molecular weight excluding hydrogens is 340 g/mol. The van der Waals surface area contributed by atoms with Crippen LogP contribution in [0.1, 0.15) is 35.9 Å². The molecule has 0 saturated heterocycles. The highest BCUT2D eigenvalue weighted by Crippen LogP contribution is 2.38. The minimum Gasteiger partial charge on any atom is -0.293 e. The van der Waals surface area contributed by atoms with E-state index < -0.39 is 0 Å². The summed E-state index contributed by atoms with van der Waals surface area (Å²) in [6, 6.07) is 1.93. The van der Waals surface area contributed by atoms with E-state index in [0.29, 0.717) is 11.7 Å². The van der Waals surface area contributed by atoms with Crippen molar-refractivity contribution in [3.63, 3.8) is 0 Å². The Labute approximate surface area is 111 Å². The Morgan fingerprint density at radius 1 is 1.47 bits per heavy atom. The van der Waals surface area contributed by atoms with Crippen LogP contribution in [-0.2, 0) is 0 Å². The van der Waals surface area contributed by atoms with Gasteiger partial charge in [-0.3, -0.25) is 4.79 Å². The number of hydrogen-bond donors (Lipinski definition) is 0. The number of thiophene rings is 1. The van der Waals surface area contributed by atoms with E-state index in [9.17, 15) is 4.79 Å². The van der Waals surface area contributed by atoms with Crippen molar-refractivity contribution in [2.75, 3.05) is 0 Å². The van der Waals surface area contributed by atoms with Crippen molar-refractivity contribution < 1.29 is 4.79 Å². The number of halogens is 2. The van der Waals surface area contributed by atoms with E-state index in [1.165, 1.54) is 24.2 Å². The van der Waals surface area contributed by atoms with Crippen molar-refractivity contribution in [2.45, 2.75) is 26.2 Å². The molecule has 1 saturated carbocycles. The lowest BCUT2D eigenvalue weighted by Gasteiger charge is -2.11. The monoisotopic (exact) mass is 350 g/mol. The Balaban J connectivity index is 2.20. The molecule has 0 N–H and O–H groups in total. The summed E-state index contributed by atoms with van der Waals surface area (Å²) >= 11 is 8.38. The van der Waals surface area contributed by atoms with E-state index in [1.807, 2.05) is 6.07 Å². The van der Waals surface area contributed by atoms with Crippen molar-refractivity contribution in [1.29, 1.82) is 0 Å². The van der Waals surface area contributed by atoms with Gasteiger partial charge in [0.25, 0.3) is 0 Å². The predicted octanol–water partition coefficient (Wildman–Crippen LogP) is 4.89. The van der Waals surface area contributed by atoms with Crippen LogP contribution in [0.3, 0.4) is 0 Å². The molecule has 0 aromatic carbocycles. The van der Waals surface area contributed by atoms with Crippen molar-refractivity contribution in [1.82, 2.24) is 0 Å².